The molecular weight excluding hydrogens is 349 g/mol. The molecule has 1 aromatic heterocycles. The Balaban J connectivity index is 1.57. The van der Waals surface area contributed by atoms with Gasteiger partial charge in [0.15, 0.2) is 12.4 Å². The summed E-state index contributed by atoms with van der Waals surface area (Å²) in [4.78, 5) is 15.4. The van der Waals surface area contributed by atoms with Crippen molar-refractivity contribution in [1.29, 1.82) is 0 Å². The summed E-state index contributed by atoms with van der Waals surface area (Å²) in [5, 5.41) is 10.0. The van der Waals surface area contributed by atoms with E-state index in [1.165, 1.54) is 18.3 Å². The van der Waals surface area contributed by atoms with Gasteiger partial charge in [-0.25, -0.2) is 9.32 Å². The number of aliphatic hydroxyl groups excluding tert-OH is 1. The van der Waals surface area contributed by atoms with Gasteiger partial charge in [-0.15, -0.1) is 4.52 Å². The van der Waals surface area contributed by atoms with Crippen LogP contribution in [0.15, 0.2) is 59.2 Å². The number of rotatable bonds is 6. The van der Waals surface area contributed by atoms with Gasteiger partial charge in [-0.2, -0.15) is 4.98 Å². The Morgan fingerprint density at radius 2 is 2.08 bits per heavy atom. The summed E-state index contributed by atoms with van der Waals surface area (Å²) >= 11 is 0. The van der Waals surface area contributed by atoms with E-state index in [-0.39, 0.29) is 18.2 Å². The standard InChI is InChI=1S/C15H14N3O6P/c16-13-6-7-18(15(20)17-13)14-12(19)8-11(23-14)9-22-25(21)24-10-4-2-1-3-5-10/h1-8,12,14,19H,9H2,(H-,16,17,20)/p+1/t12-,14-/m1/s1. The maximum Gasteiger partial charge on any atom is 0.750 e. The quantitative estimate of drug-likeness (QED) is 0.736. The van der Waals surface area contributed by atoms with Crippen molar-refractivity contribution in [2.75, 3.05) is 12.3 Å². The summed E-state index contributed by atoms with van der Waals surface area (Å²) in [5.41, 5.74) is 4.77. The summed E-state index contributed by atoms with van der Waals surface area (Å²) in [7, 11) is -2.42. The predicted octanol–water partition coefficient (Wildman–Crippen LogP) is 1.35. The van der Waals surface area contributed by atoms with Gasteiger partial charge in [-0.3, -0.25) is 4.57 Å². The molecule has 0 amide bonds. The molecule has 130 valence electrons. The fourth-order valence-electron chi connectivity index (χ4n) is 2.17. The zero-order valence-corrected chi connectivity index (χ0v) is 13.8. The first-order valence-electron chi connectivity index (χ1n) is 7.26. The van der Waals surface area contributed by atoms with E-state index in [1.54, 1.807) is 30.3 Å². The summed E-state index contributed by atoms with van der Waals surface area (Å²) in [6.45, 7) is -0.188. The van der Waals surface area contributed by atoms with Crippen LogP contribution in [0.4, 0.5) is 5.82 Å². The van der Waals surface area contributed by atoms with Crippen molar-refractivity contribution in [3.8, 4) is 5.75 Å². The van der Waals surface area contributed by atoms with Crippen LogP contribution in [0.25, 0.3) is 0 Å². The average molecular weight is 364 g/mol. The number of benzene rings is 1. The number of hydrogen-bond donors (Lipinski definition) is 2. The molecule has 1 aromatic carbocycles. The molecule has 0 bridgehead atoms. The van der Waals surface area contributed by atoms with Crippen LogP contribution >= 0.6 is 8.25 Å². The molecule has 1 aliphatic heterocycles. The molecule has 1 unspecified atom stereocenters. The first kappa shape index (κ1) is 17.1. The second-order valence-electron chi connectivity index (χ2n) is 5.08. The molecule has 3 N–H and O–H groups in total. The average Bonchev–Trinajstić information content (AvgIpc) is 2.95. The SMILES string of the molecule is Nc1ccn([C@@H]2OC(CO[P+](=O)Oc3ccccc3)=C[C@H]2O)c(=O)n1. The van der Waals surface area contributed by atoms with E-state index >= 15 is 0 Å². The van der Waals surface area contributed by atoms with Gasteiger partial charge in [0.25, 0.3) is 0 Å². The van der Waals surface area contributed by atoms with Gasteiger partial charge >= 0.3 is 13.9 Å². The molecule has 0 saturated carbocycles. The maximum atomic E-state index is 11.8. The van der Waals surface area contributed by atoms with Crippen LogP contribution < -0.4 is 15.9 Å². The second kappa shape index (κ2) is 7.43. The molecule has 1 aliphatic rings. The molecule has 2 aromatic rings. The Bertz CT molecular complexity index is 854. The van der Waals surface area contributed by atoms with Crippen molar-refractivity contribution in [3.05, 3.63) is 64.9 Å². The van der Waals surface area contributed by atoms with Crippen LogP contribution in [-0.2, 0) is 13.8 Å². The first-order chi connectivity index (χ1) is 12.0. The van der Waals surface area contributed by atoms with Crippen LogP contribution in [0.2, 0.25) is 0 Å². The van der Waals surface area contributed by atoms with Gasteiger partial charge in [0, 0.05) is 10.8 Å². The lowest BCUT2D eigenvalue weighted by Crippen LogP contribution is -2.32. The normalized spacial score (nSPS) is 19.9. The largest absolute Gasteiger partial charge is 0.750 e. The first-order valence-corrected chi connectivity index (χ1v) is 8.36. The minimum atomic E-state index is -2.42. The third kappa shape index (κ3) is 4.21. The number of para-hydroxylation sites is 1. The smallest absolute Gasteiger partial charge is 0.469 e. The lowest BCUT2D eigenvalue weighted by molar-refractivity contribution is -0.00905. The number of nitrogen functional groups attached to an aromatic ring is 1. The van der Waals surface area contributed by atoms with E-state index in [0.717, 1.165) is 4.57 Å². The monoisotopic (exact) mass is 364 g/mol. The van der Waals surface area contributed by atoms with E-state index in [4.69, 9.17) is 19.5 Å². The molecule has 25 heavy (non-hydrogen) atoms. The molecule has 9 nitrogen and oxygen atoms in total. The van der Waals surface area contributed by atoms with Gasteiger partial charge in [0.1, 0.15) is 17.7 Å². The lowest BCUT2D eigenvalue weighted by atomic mass is 10.3. The number of aliphatic hydroxyl groups is 1. The fourth-order valence-corrected chi connectivity index (χ4v) is 2.75. The molecule has 0 spiro atoms. The third-order valence-electron chi connectivity index (χ3n) is 3.28. The highest BCUT2D eigenvalue weighted by Crippen LogP contribution is 2.31. The highest BCUT2D eigenvalue weighted by Gasteiger charge is 2.32. The zero-order chi connectivity index (χ0) is 17.8. The summed E-state index contributed by atoms with van der Waals surface area (Å²) < 4.78 is 28.5. The van der Waals surface area contributed by atoms with Crippen molar-refractivity contribution < 1.29 is 23.5 Å². The van der Waals surface area contributed by atoms with Crippen LogP contribution in [0.1, 0.15) is 6.23 Å². The van der Waals surface area contributed by atoms with Gasteiger partial charge in [0.2, 0.25) is 6.23 Å². The highest BCUT2D eigenvalue weighted by atomic mass is 31.1. The molecule has 2 heterocycles. The zero-order valence-electron chi connectivity index (χ0n) is 12.9. The summed E-state index contributed by atoms with van der Waals surface area (Å²) in [6, 6.07) is 9.97. The van der Waals surface area contributed by atoms with Gasteiger partial charge in [-0.05, 0) is 24.3 Å². The van der Waals surface area contributed by atoms with E-state index in [9.17, 15) is 14.5 Å². The number of ether oxygens (including phenoxy) is 1. The van der Waals surface area contributed by atoms with Crippen LogP contribution in [0.3, 0.4) is 0 Å². The predicted molar refractivity (Wildman–Crippen MR) is 87.7 cm³/mol. The molecule has 0 saturated heterocycles. The van der Waals surface area contributed by atoms with Gasteiger partial charge in [0.05, 0.1) is 0 Å². The molecule has 3 rings (SSSR count). The van der Waals surface area contributed by atoms with E-state index in [0.29, 0.717) is 5.75 Å². The van der Waals surface area contributed by atoms with Crippen molar-refractivity contribution in [3.63, 3.8) is 0 Å². The third-order valence-corrected chi connectivity index (χ3v) is 3.98. The molecule has 0 fully saturated rings. The Morgan fingerprint density at radius 1 is 1.32 bits per heavy atom. The van der Waals surface area contributed by atoms with E-state index in [2.05, 4.69) is 4.98 Å². The Morgan fingerprint density at radius 3 is 2.80 bits per heavy atom. The Kier molecular flexibility index (Phi) is 5.08. The number of hydrogen-bond acceptors (Lipinski definition) is 8. The topological polar surface area (TPSA) is 126 Å². The van der Waals surface area contributed by atoms with Crippen molar-refractivity contribution >= 4 is 14.1 Å². The molecule has 0 radical (unpaired) electrons. The molecule has 0 aliphatic carbocycles. The Labute approximate surface area is 143 Å². The van der Waals surface area contributed by atoms with Crippen LogP contribution in [0, 0.1) is 0 Å². The lowest BCUT2D eigenvalue weighted by Gasteiger charge is -2.17. The number of anilines is 1. The maximum absolute atomic E-state index is 11.8. The number of nitrogens with zero attached hydrogens (tertiary/aromatic N) is 2. The van der Waals surface area contributed by atoms with E-state index < -0.39 is 26.3 Å². The Hall–Kier alpha value is -2.74. The van der Waals surface area contributed by atoms with Crippen LogP contribution in [0.5, 0.6) is 5.75 Å². The second-order valence-corrected chi connectivity index (χ2v) is 5.96. The van der Waals surface area contributed by atoms with Gasteiger partial charge in [-0.1, -0.05) is 18.2 Å². The van der Waals surface area contributed by atoms with Crippen molar-refractivity contribution in [1.82, 2.24) is 9.55 Å². The van der Waals surface area contributed by atoms with Crippen molar-refractivity contribution in [2.24, 2.45) is 0 Å². The van der Waals surface area contributed by atoms with Crippen molar-refractivity contribution in [2.45, 2.75) is 12.3 Å². The summed E-state index contributed by atoms with van der Waals surface area (Å²) in [6.07, 6.45) is 0.649. The summed E-state index contributed by atoms with van der Waals surface area (Å²) in [5.74, 6) is 0.698. The van der Waals surface area contributed by atoms with E-state index in [1.807, 2.05) is 0 Å². The number of aromatic nitrogens is 2. The molecular formula is C15H15N3O6P+. The fraction of sp³-hybridized carbons (Fsp3) is 0.200. The molecule has 10 heteroatoms. The molecule has 3 atom stereocenters. The minimum Gasteiger partial charge on any atom is -0.469 e. The van der Waals surface area contributed by atoms with Gasteiger partial charge < -0.3 is 15.6 Å². The highest BCUT2D eigenvalue weighted by molar-refractivity contribution is 7.33. The number of nitrogens with two attached hydrogens (primary N) is 1. The van der Waals surface area contributed by atoms with Crippen LogP contribution in [-0.4, -0.2) is 27.4 Å². The minimum absolute atomic E-state index is 0.0697.